The molecule has 0 saturated carbocycles. The maximum absolute atomic E-state index is 12.6. The topological polar surface area (TPSA) is 0 Å². The Kier molecular flexibility index (Phi) is 5.83. The smallest absolute Gasteiger partial charge is 0.195 e. The Morgan fingerprint density at radius 3 is 1.94 bits per heavy atom. The van der Waals surface area contributed by atoms with E-state index in [1.807, 2.05) is 6.92 Å². The number of thioether (sulfide) groups is 1. The Balaban J connectivity index is 4.56. The van der Waals surface area contributed by atoms with Crippen LogP contribution < -0.4 is 0 Å². The molecule has 0 aliphatic carbocycles. The summed E-state index contributed by atoms with van der Waals surface area (Å²) in [5.74, 6) is -10.7. The molecule has 0 N–H and O–H groups in total. The summed E-state index contributed by atoms with van der Waals surface area (Å²) in [7, 11) is 0. The molecule has 0 aliphatic rings. The van der Waals surface area contributed by atoms with Gasteiger partial charge in [-0.1, -0.05) is 13.0 Å². The predicted octanol–water partition coefficient (Wildman–Crippen LogP) is 4.52. The minimum absolute atomic E-state index is 0.0304. The van der Waals surface area contributed by atoms with E-state index in [4.69, 9.17) is 0 Å². The number of alkyl halides is 7. The summed E-state index contributed by atoms with van der Waals surface area (Å²) in [5.41, 5.74) is 0. The molecule has 0 aromatic rings. The summed E-state index contributed by atoms with van der Waals surface area (Å²) in [6.45, 7) is 1.82. The van der Waals surface area contributed by atoms with Crippen molar-refractivity contribution in [2.75, 3.05) is 11.5 Å². The molecule has 0 heterocycles. The van der Waals surface area contributed by atoms with Crippen LogP contribution in [0.1, 0.15) is 13.3 Å². The van der Waals surface area contributed by atoms with Crippen molar-refractivity contribution in [1.29, 1.82) is 0 Å². The van der Waals surface area contributed by atoms with Gasteiger partial charge in [0.1, 0.15) is 0 Å². The zero-order valence-electron chi connectivity index (χ0n) is 8.83. The van der Waals surface area contributed by atoms with Crippen molar-refractivity contribution in [2.24, 2.45) is 0 Å². The summed E-state index contributed by atoms with van der Waals surface area (Å²) >= 11 is 1.17. The number of hydrogen-bond acceptors (Lipinski definition) is 1. The van der Waals surface area contributed by atoms with Gasteiger partial charge in [0.05, 0.1) is 0 Å². The molecule has 8 heteroatoms. The lowest BCUT2D eigenvalue weighted by Crippen LogP contribution is -2.50. The molecular formula is C9H11F7S. The zero-order chi connectivity index (χ0) is 13.7. The maximum Gasteiger partial charge on any atom is 0.460 e. The molecule has 0 bridgehead atoms. The van der Waals surface area contributed by atoms with Gasteiger partial charge in [-0.3, -0.25) is 0 Å². The summed E-state index contributed by atoms with van der Waals surface area (Å²) in [5, 5.41) is 0. The first-order valence-electron chi connectivity index (χ1n) is 4.64. The van der Waals surface area contributed by atoms with Crippen LogP contribution in [-0.4, -0.2) is 29.5 Å². The minimum Gasteiger partial charge on any atom is -0.195 e. The highest BCUT2D eigenvalue weighted by Gasteiger charge is 2.71. The van der Waals surface area contributed by atoms with Gasteiger partial charge in [-0.25, -0.2) is 0 Å². The molecule has 17 heavy (non-hydrogen) atoms. The lowest BCUT2D eigenvalue weighted by atomic mass is 10.1. The molecule has 0 rings (SSSR count). The highest BCUT2D eigenvalue weighted by Crippen LogP contribution is 2.47. The van der Waals surface area contributed by atoms with E-state index < -0.39 is 18.0 Å². The van der Waals surface area contributed by atoms with E-state index in [2.05, 4.69) is 0 Å². The van der Waals surface area contributed by atoms with Crippen molar-refractivity contribution in [3.63, 3.8) is 0 Å². The van der Waals surface area contributed by atoms with Crippen LogP contribution in [0.2, 0.25) is 0 Å². The Labute approximate surface area is 98.3 Å². The van der Waals surface area contributed by atoms with Crippen LogP contribution in [0.3, 0.4) is 0 Å². The highest BCUT2D eigenvalue weighted by atomic mass is 32.2. The van der Waals surface area contributed by atoms with E-state index >= 15 is 0 Å². The molecule has 102 valence electrons. The molecule has 0 aromatic carbocycles. The normalized spacial score (nSPS) is 14.6. The van der Waals surface area contributed by atoms with E-state index in [1.165, 1.54) is 11.8 Å². The van der Waals surface area contributed by atoms with E-state index in [-0.39, 0.29) is 11.8 Å². The van der Waals surface area contributed by atoms with E-state index in [0.717, 1.165) is 6.42 Å². The molecule has 0 radical (unpaired) electrons. The molecular weight excluding hydrogens is 273 g/mol. The number of hydrogen-bond donors (Lipinski definition) is 0. The fourth-order valence-corrected chi connectivity index (χ4v) is 1.47. The van der Waals surface area contributed by atoms with Gasteiger partial charge in [0.25, 0.3) is 0 Å². The monoisotopic (exact) mass is 284 g/mol. The molecule has 0 aromatic heterocycles. The van der Waals surface area contributed by atoms with Crippen molar-refractivity contribution in [3.8, 4) is 0 Å². The van der Waals surface area contributed by atoms with Crippen molar-refractivity contribution in [3.05, 3.63) is 12.2 Å². The largest absolute Gasteiger partial charge is 0.460 e. The second kappa shape index (κ2) is 5.97. The Bertz CT molecular complexity index is 257. The van der Waals surface area contributed by atoms with Gasteiger partial charge in [-0.05, 0) is 18.2 Å². The van der Waals surface area contributed by atoms with Gasteiger partial charge in [-0.2, -0.15) is 42.5 Å². The molecule has 0 aliphatic heterocycles. The second-order valence-electron chi connectivity index (χ2n) is 3.17. The highest BCUT2D eigenvalue weighted by molar-refractivity contribution is 7.99. The fraction of sp³-hybridized carbons (Fsp3) is 0.778. The molecule has 0 spiro atoms. The molecule has 0 fully saturated rings. The number of allylic oxidation sites excluding steroid dienone is 1. The van der Waals surface area contributed by atoms with Crippen molar-refractivity contribution in [2.45, 2.75) is 31.4 Å². The molecule has 0 amide bonds. The molecule has 0 unspecified atom stereocenters. The van der Waals surface area contributed by atoms with Gasteiger partial charge < -0.3 is 0 Å². The predicted molar refractivity (Wildman–Crippen MR) is 52.7 cm³/mol. The van der Waals surface area contributed by atoms with Crippen LogP contribution in [0.4, 0.5) is 30.7 Å². The van der Waals surface area contributed by atoms with Gasteiger partial charge in [0.15, 0.2) is 0 Å². The third-order valence-electron chi connectivity index (χ3n) is 1.66. The lowest BCUT2D eigenvalue weighted by molar-refractivity contribution is -0.341. The first-order chi connectivity index (χ1) is 7.56. The summed E-state index contributed by atoms with van der Waals surface area (Å²) in [6.07, 6.45) is -5.27. The molecule has 0 nitrogen and oxygen atoms in total. The molecule has 0 atom stereocenters. The van der Waals surface area contributed by atoms with E-state index in [1.54, 1.807) is 0 Å². The van der Waals surface area contributed by atoms with Crippen LogP contribution in [-0.2, 0) is 0 Å². The molecule has 0 saturated heterocycles. The quantitative estimate of drug-likeness (QED) is 0.392. The third-order valence-corrected chi connectivity index (χ3v) is 2.79. The first kappa shape index (κ1) is 16.6. The average molecular weight is 284 g/mol. The van der Waals surface area contributed by atoms with Gasteiger partial charge >= 0.3 is 18.0 Å². The van der Waals surface area contributed by atoms with Crippen LogP contribution in [0.5, 0.6) is 0 Å². The summed E-state index contributed by atoms with van der Waals surface area (Å²) in [6, 6.07) is 0. The van der Waals surface area contributed by atoms with E-state index in [0.29, 0.717) is 11.8 Å². The lowest BCUT2D eigenvalue weighted by Gasteiger charge is -2.25. The Hall–Kier alpha value is -0.400. The van der Waals surface area contributed by atoms with Crippen LogP contribution in [0, 0.1) is 0 Å². The SMILES string of the molecule is CCCSCC=CC(F)(F)C(F)(F)C(F)(F)F. The average Bonchev–Trinajstić information content (AvgIpc) is 2.15. The van der Waals surface area contributed by atoms with E-state index in [9.17, 15) is 30.7 Å². The minimum atomic E-state index is -6.27. The number of rotatable bonds is 6. The zero-order valence-corrected chi connectivity index (χ0v) is 9.65. The van der Waals surface area contributed by atoms with Gasteiger partial charge in [0.2, 0.25) is 0 Å². The number of halogens is 7. The van der Waals surface area contributed by atoms with Crippen molar-refractivity contribution >= 4 is 11.8 Å². The van der Waals surface area contributed by atoms with Crippen LogP contribution in [0.25, 0.3) is 0 Å². The standard InChI is InChI=1S/C9H11F7S/c1-2-5-17-6-3-4-7(10,11)8(12,13)9(14,15)16/h3-4H,2,5-6H2,1H3. The van der Waals surface area contributed by atoms with Crippen LogP contribution in [0.15, 0.2) is 12.2 Å². The van der Waals surface area contributed by atoms with Crippen molar-refractivity contribution < 1.29 is 30.7 Å². The van der Waals surface area contributed by atoms with Gasteiger partial charge in [0, 0.05) is 5.75 Å². The third kappa shape index (κ3) is 4.40. The second-order valence-corrected chi connectivity index (χ2v) is 4.32. The van der Waals surface area contributed by atoms with Gasteiger partial charge in [-0.15, -0.1) is 0 Å². The summed E-state index contributed by atoms with van der Waals surface area (Å²) in [4.78, 5) is 0. The first-order valence-corrected chi connectivity index (χ1v) is 5.79. The Morgan fingerprint density at radius 1 is 1.00 bits per heavy atom. The summed E-state index contributed by atoms with van der Waals surface area (Å²) < 4.78 is 85.1. The Morgan fingerprint density at radius 2 is 1.53 bits per heavy atom. The fourth-order valence-electron chi connectivity index (χ4n) is 0.785. The van der Waals surface area contributed by atoms with Crippen LogP contribution >= 0.6 is 11.8 Å². The maximum atomic E-state index is 12.6. The van der Waals surface area contributed by atoms with Crippen molar-refractivity contribution in [1.82, 2.24) is 0 Å².